The predicted octanol–water partition coefficient (Wildman–Crippen LogP) is 15.2. The molecule has 3 aromatic heterocycles. The highest BCUT2D eigenvalue weighted by atomic mass is 16.3. The molecule has 0 saturated heterocycles. The Labute approximate surface area is 370 Å². The van der Waals surface area contributed by atoms with E-state index in [9.17, 15) is 0 Å². The third kappa shape index (κ3) is 5.57. The number of hydrogen-bond donors (Lipinski definition) is 0. The van der Waals surface area contributed by atoms with E-state index in [4.69, 9.17) is 14.4 Å². The molecule has 302 valence electrons. The lowest BCUT2D eigenvalue weighted by Gasteiger charge is -2.22. The molecule has 9 aromatic carbocycles. The summed E-state index contributed by atoms with van der Waals surface area (Å²) in [4.78, 5) is 10.7. The minimum atomic E-state index is -0.205. The van der Waals surface area contributed by atoms with Crippen molar-refractivity contribution in [1.82, 2.24) is 19.1 Å². The zero-order chi connectivity index (χ0) is 42.5. The SMILES string of the molecule is CC1(C)c2cc(-c3cccc(-c4cc(-c5nc6ccccc6n5-c5ccccc5)cc(-c5nc6ccccc6n5-c5ccccc5)c4)c3)ccc2-c2cc3c(cc21)oc1ccccc13. The summed E-state index contributed by atoms with van der Waals surface area (Å²) in [5, 5.41) is 2.32. The number of fused-ring (bicyclic) bond motifs is 8. The predicted molar refractivity (Wildman–Crippen MR) is 262 cm³/mol. The molecule has 3 heterocycles. The molecule has 0 unspecified atom stereocenters. The number of furan rings is 1. The fraction of sp³-hybridized carbons (Fsp3) is 0.0508. The van der Waals surface area contributed by atoms with Crippen molar-refractivity contribution in [3.05, 3.63) is 217 Å². The molecule has 13 rings (SSSR count). The molecule has 12 aromatic rings. The molecule has 0 radical (unpaired) electrons. The number of imidazole rings is 2. The molecule has 0 amide bonds. The Kier molecular flexibility index (Phi) is 7.88. The second kappa shape index (κ2) is 13.9. The van der Waals surface area contributed by atoms with Gasteiger partial charge in [0.15, 0.2) is 0 Å². The molecule has 64 heavy (non-hydrogen) atoms. The lowest BCUT2D eigenvalue weighted by Crippen LogP contribution is -2.15. The summed E-state index contributed by atoms with van der Waals surface area (Å²) in [7, 11) is 0. The molecular formula is C59H40N4O. The largest absolute Gasteiger partial charge is 0.456 e. The van der Waals surface area contributed by atoms with Crippen LogP contribution in [0.15, 0.2) is 211 Å². The van der Waals surface area contributed by atoms with Gasteiger partial charge in [0.05, 0.1) is 22.1 Å². The maximum absolute atomic E-state index is 6.37. The van der Waals surface area contributed by atoms with Gasteiger partial charge in [0.25, 0.3) is 0 Å². The fourth-order valence-corrected chi connectivity index (χ4v) is 10.2. The van der Waals surface area contributed by atoms with Gasteiger partial charge >= 0.3 is 0 Å². The third-order valence-corrected chi connectivity index (χ3v) is 13.3. The Morgan fingerprint density at radius 2 is 0.891 bits per heavy atom. The highest BCUT2D eigenvalue weighted by molar-refractivity contribution is 6.08. The monoisotopic (exact) mass is 820 g/mol. The smallest absolute Gasteiger partial charge is 0.145 e. The number of rotatable bonds is 6. The molecule has 1 aliphatic rings. The van der Waals surface area contributed by atoms with Crippen LogP contribution in [0.4, 0.5) is 0 Å². The molecule has 0 bridgehead atoms. The van der Waals surface area contributed by atoms with Crippen molar-refractivity contribution >= 4 is 44.0 Å². The van der Waals surface area contributed by atoms with Crippen LogP contribution in [0.3, 0.4) is 0 Å². The van der Waals surface area contributed by atoms with Gasteiger partial charge in [0.2, 0.25) is 0 Å². The number of aromatic nitrogens is 4. The van der Waals surface area contributed by atoms with E-state index >= 15 is 0 Å². The average Bonchev–Trinajstić information content (AvgIpc) is 4.10. The van der Waals surface area contributed by atoms with Crippen molar-refractivity contribution in [2.24, 2.45) is 0 Å². The summed E-state index contributed by atoms with van der Waals surface area (Å²) < 4.78 is 10.9. The van der Waals surface area contributed by atoms with Gasteiger partial charge in [-0.1, -0.05) is 123 Å². The minimum Gasteiger partial charge on any atom is -0.456 e. The van der Waals surface area contributed by atoms with Gasteiger partial charge in [-0.25, -0.2) is 9.97 Å². The molecule has 5 nitrogen and oxygen atoms in total. The Hall–Kier alpha value is -8.28. The molecule has 0 saturated carbocycles. The summed E-state index contributed by atoms with van der Waals surface area (Å²) in [6.45, 7) is 4.68. The fourth-order valence-electron chi connectivity index (χ4n) is 10.2. The molecule has 0 fully saturated rings. The van der Waals surface area contributed by atoms with Gasteiger partial charge in [-0.15, -0.1) is 0 Å². The van der Waals surface area contributed by atoms with E-state index in [1.807, 2.05) is 6.07 Å². The van der Waals surface area contributed by atoms with Gasteiger partial charge in [-0.05, 0) is 142 Å². The Morgan fingerprint density at radius 3 is 1.55 bits per heavy atom. The van der Waals surface area contributed by atoms with Crippen LogP contribution in [0.25, 0.3) is 112 Å². The molecule has 0 spiro atoms. The third-order valence-electron chi connectivity index (χ3n) is 13.3. The van der Waals surface area contributed by atoms with Crippen LogP contribution in [0, 0.1) is 0 Å². The van der Waals surface area contributed by atoms with Gasteiger partial charge < -0.3 is 4.42 Å². The highest BCUT2D eigenvalue weighted by Gasteiger charge is 2.36. The average molecular weight is 821 g/mol. The van der Waals surface area contributed by atoms with Crippen molar-refractivity contribution in [3.63, 3.8) is 0 Å². The molecule has 0 atom stereocenters. The Morgan fingerprint density at radius 1 is 0.375 bits per heavy atom. The quantitative estimate of drug-likeness (QED) is 0.168. The summed E-state index contributed by atoms with van der Waals surface area (Å²) in [5.41, 5.74) is 19.5. The number of para-hydroxylation sites is 7. The first-order valence-corrected chi connectivity index (χ1v) is 21.9. The van der Waals surface area contributed by atoms with Crippen LogP contribution in [0.2, 0.25) is 0 Å². The zero-order valence-corrected chi connectivity index (χ0v) is 35.3. The van der Waals surface area contributed by atoms with Crippen molar-refractivity contribution in [2.75, 3.05) is 0 Å². The van der Waals surface area contributed by atoms with Gasteiger partial charge in [0, 0.05) is 38.7 Å². The minimum absolute atomic E-state index is 0.205. The lowest BCUT2D eigenvalue weighted by atomic mass is 9.81. The maximum atomic E-state index is 6.37. The van der Waals surface area contributed by atoms with E-state index in [-0.39, 0.29) is 5.41 Å². The zero-order valence-electron chi connectivity index (χ0n) is 35.3. The van der Waals surface area contributed by atoms with Crippen LogP contribution < -0.4 is 0 Å². The lowest BCUT2D eigenvalue weighted by molar-refractivity contribution is 0.647. The molecule has 0 N–H and O–H groups in total. The van der Waals surface area contributed by atoms with E-state index in [0.29, 0.717) is 0 Å². The molecule has 0 aliphatic heterocycles. The number of nitrogens with zero attached hydrogens (tertiary/aromatic N) is 4. The summed E-state index contributed by atoms with van der Waals surface area (Å²) in [6, 6.07) is 73.6. The summed E-state index contributed by atoms with van der Waals surface area (Å²) in [6.07, 6.45) is 0. The van der Waals surface area contributed by atoms with Gasteiger partial charge in [-0.2, -0.15) is 0 Å². The topological polar surface area (TPSA) is 48.8 Å². The van der Waals surface area contributed by atoms with Crippen molar-refractivity contribution in [2.45, 2.75) is 19.3 Å². The number of benzene rings is 9. The van der Waals surface area contributed by atoms with Crippen LogP contribution in [0.5, 0.6) is 0 Å². The van der Waals surface area contributed by atoms with E-state index in [1.165, 1.54) is 27.8 Å². The second-order valence-corrected chi connectivity index (χ2v) is 17.4. The normalized spacial score (nSPS) is 13.0. The first kappa shape index (κ1) is 36.4. The summed E-state index contributed by atoms with van der Waals surface area (Å²) in [5.74, 6) is 1.74. The first-order chi connectivity index (χ1) is 31.5. The first-order valence-electron chi connectivity index (χ1n) is 21.9. The van der Waals surface area contributed by atoms with Crippen molar-refractivity contribution < 1.29 is 4.42 Å². The Bertz CT molecular complexity index is 3680. The van der Waals surface area contributed by atoms with Crippen LogP contribution in [0.1, 0.15) is 25.0 Å². The van der Waals surface area contributed by atoms with Crippen molar-refractivity contribution in [1.29, 1.82) is 0 Å². The highest BCUT2D eigenvalue weighted by Crippen LogP contribution is 2.52. The number of hydrogen-bond acceptors (Lipinski definition) is 3. The molecule has 5 heteroatoms. The molecular weight excluding hydrogens is 781 g/mol. The van der Waals surface area contributed by atoms with Crippen molar-refractivity contribution in [3.8, 4) is 67.5 Å². The van der Waals surface area contributed by atoms with Crippen LogP contribution in [-0.2, 0) is 5.41 Å². The standard InChI is InChI=1S/C59H40N4O/c1-59(2)49-34-39(28-29-45(49)47-35-48-46-22-9-14-27-55(46)64-56(48)36-50(47)59)37-16-15-17-38(30-37)40-31-41(57-60-51-23-10-12-25-53(51)62(57)43-18-5-3-6-19-43)33-42(32-40)58-61-52-24-11-13-26-54(52)63(58)44-20-7-4-8-21-44/h3-36H,1-2H3. The second-order valence-electron chi connectivity index (χ2n) is 17.4. The van der Waals surface area contributed by atoms with Crippen LogP contribution >= 0.6 is 0 Å². The van der Waals surface area contributed by atoms with Gasteiger partial charge in [-0.3, -0.25) is 9.13 Å². The Balaban J connectivity index is 0.991. The maximum Gasteiger partial charge on any atom is 0.145 e. The van der Waals surface area contributed by atoms with E-state index in [2.05, 4.69) is 223 Å². The van der Waals surface area contributed by atoms with Crippen LogP contribution in [-0.4, -0.2) is 19.1 Å². The summed E-state index contributed by atoms with van der Waals surface area (Å²) >= 11 is 0. The van der Waals surface area contributed by atoms with E-state index in [1.54, 1.807) is 0 Å². The van der Waals surface area contributed by atoms with E-state index in [0.717, 1.165) is 94.8 Å². The van der Waals surface area contributed by atoms with E-state index < -0.39 is 0 Å². The molecule has 1 aliphatic carbocycles. The van der Waals surface area contributed by atoms with Gasteiger partial charge in [0.1, 0.15) is 22.8 Å².